The molecule has 2 saturated heterocycles. The second-order valence-corrected chi connectivity index (χ2v) is 6.55. The van der Waals surface area contributed by atoms with Crippen LogP contribution in [0, 0.1) is 5.92 Å². The molecule has 2 aliphatic rings. The highest BCUT2D eigenvalue weighted by Gasteiger charge is 2.31. The molecule has 0 spiro atoms. The summed E-state index contributed by atoms with van der Waals surface area (Å²) < 4.78 is 5.56. The van der Waals surface area contributed by atoms with Crippen molar-refractivity contribution in [1.29, 1.82) is 0 Å². The third-order valence-electron chi connectivity index (χ3n) is 4.99. The van der Waals surface area contributed by atoms with Crippen molar-refractivity contribution in [2.75, 3.05) is 40.3 Å². The number of nitrogens with zero attached hydrogens (tertiary/aromatic N) is 4. The monoisotopic (exact) mass is 293 g/mol. The highest BCUT2D eigenvalue weighted by Crippen LogP contribution is 2.29. The zero-order valence-corrected chi connectivity index (χ0v) is 13.4. The Bertz CT molecular complexity index is 463. The highest BCUT2D eigenvalue weighted by atomic mass is 16.5. The Balaban J connectivity index is 1.70. The van der Waals surface area contributed by atoms with Crippen molar-refractivity contribution >= 4 is 0 Å². The molecule has 6 heteroatoms. The van der Waals surface area contributed by atoms with E-state index in [4.69, 9.17) is 9.51 Å². The summed E-state index contributed by atoms with van der Waals surface area (Å²) in [5, 5.41) is 7.77. The summed E-state index contributed by atoms with van der Waals surface area (Å²) in [6.07, 6.45) is 3.60. The minimum Gasteiger partial charge on any atom is -0.338 e. The summed E-state index contributed by atoms with van der Waals surface area (Å²) in [6.45, 7) is 6.42. The Morgan fingerprint density at radius 1 is 1.33 bits per heavy atom. The molecular weight excluding hydrogens is 266 g/mol. The maximum atomic E-state index is 5.56. The minimum atomic E-state index is 0.233. The van der Waals surface area contributed by atoms with Gasteiger partial charge in [0.15, 0.2) is 5.82 Å². The first kappa shape index (κ1) is 14.9. The van der Waals surface area contributed by atoms with E-state index in [9.17, 15) is 0 Å². The molecule has 3 heterocycles. The molecule has 118 valence electrons. The molecule has 3 rings (SSSR count). The van der Waals surface area contributed by atoms with Gasteiger partial charge in [-0.3, -0.25) is 4.90 Å². The number of aromatic nitrogens is 2. The number of hydrogen-bond donors (Lipinski definition) is 1. The Morgan fingerprint density at radius 2 is 2.19 bits per heavy atom. The molecule has 0 saturated carbocycles. The van der Waals surface area contributed by atoms with Gasteiger partial charge >= 0.3 is 0 Å². The third-order valence-corrected chi connectivity index (χ3v) is 4.99. The zero-order chi connectivity index (χ0) is 14.8. The molecule has 21 heavy (non-hydrogen) atoms. The van der Waals surface area contributed by atoms with Gasteiger partial charge in [-0.25, -0.2) is 0 Å². The van der Waals surface area contributed by atoms with Crippen LogP contribution < -0.4 is 5.32 Å². The lowest BCUT2D eigenvalue weighted by molar-refractivity contribution is 0.108. The van der Waals surface area contributed by atoms with Crippen LogP contribution in [-0.2, 0) is 0 Å². The number of nitrogens with one attached hydrogen (secondary N) is 1. The van der Waals surface area contributed by atoms with Crippen molar-refractivity contribution in [3.63, 3.8) is 0 Å². The summed E-state index contributed by atoms with van der Waals surface area (Å²) in [5.41, 5.74) is 0. The van der Waals surface area contributed by atoms with Gasteiger partial charge in [-0.05, 0) is 39.4 Å². The first-order valence-electron chi connectivity index (χ1n) is 8.13. The van der Waals surface area contributed by atoms with Gasteiger partial charge in [0, 0.05) is 19.6 Å². The van der Waals surface area contributed by atoms with Crippen LogP contribution in [0.1, 0.15) is 50.0 Å². The maximum Gasteiger partial charge on any atom is 0.243 e. The quantitative estimate of drug-likeness (QED) is 0.910. The first-order chi connectivity index (χ1) is 10.2. The van der Waals surface area contributed by atoms with Crippen LogP contribution in [-0.4, -0.2) is 60.2 Å². The van der Waals surface area contributed by atoms with Crippen molar-refractivity contribution in [3.05, 3.63) is 11.7 Å². The van der Waals surface area contributed by atoms with E-state index in [1.807, 2.05) is 0 Å². The molecule has 0 amide bonds. The molecule has 6 nitrogen and oxygen atoms in total. The van der Waals surface area contributed by atoms with Gasteiger partial charge in [-0.2, -0.15) is 4.98 Å². The Labute approximate surface area is 126 Å². The van der Waals surface area contributed by atoms with E-state index in [0.29, 0.717) is 0 Å². The molecule has 1 N–H and O–H groups in total. The smallest absolute Gasteiger partial charge is 0.243 e. The van der Waals surface area contributed by atoms with Gasteiger partial charge < -0.3 is 14.7 Å². The van der Waals surface area contributed by atoms with E-state index in [2.05, 4.69) is 41.3 Å². The lowest BCUT2D eigenvalue weighted by Gasteiger charge is -2.35. The van der Waals surface area contributed by atoms with Gasteiger partial charge in [0.2, 0.25) is 5.89 Å². The predicted octanol–water partition coefficient (Wildman–Crippen LogP) is 1.44. The fourth-order valence-electron chi connectivity index (χ4n) is 3.37. The summed E-state index contributed by atoms with van der Waals surface area (Å²) in [5.74, 6) is 2.37. The van der Waals surface area contributed by atoms with Crippen LogP contribution >= 0.6 is 0 Å². The SMILES string of the molecule is CCC1CCNC(c2nc(C3CN(C)CCN3C)no2)C1. The molecule has 2 fully saturated rings. The zero-order valence-electron chi connectivity index (χ0n) is 13.4. The first-order valence-corrected chi connectivity index (χ1v) is 8.13. The second-order valence-electron chi connectivity index (χ2n) is 6.55. The number of likely N-dealkylation sites (N-methyl/N-ethyl adjacent to an activating group) is 2. The molecule has 0 aromatic carbocycles. The van der Waals surface area contributed by atoms with Crippen molar-refractivity contribution in [2.45, 2.75) is 38.3 Å². The van der Waals surface area contributed by atoms with Gasteiger partial charge in [-0.1, -0.05) is 18.5 Å². The second kappa shape index (κ2) is 6.42. The Kier molecular flexibility index (Phi) is 4.57. The van der Waals surface area contributed by atoms with Crippen molar-refractivity contribution < 1.29 is 4.52 Å². The summed E-state index contributed by atoms with van der Waals surface area (Å²) >= 11 is 0. The van der Waals surface area contributed by atoms with Gasteiger partial charge in [-0.15, -0.1) is 0 Å². The largest absolute Gasteiger partial charge is 0.338 e. The van der Waals surface area contributed by atoms with E-state index in [0.717, 1.165) is 50.2 Å². The van der Waals surface area contributed by atoms with Crippen molar-refractivity contribution in [3.8, 4) is 0 Å². The molecule has 1 aromatic heterocycles. The number of piperidine rings is 1. The summed E-state index contributed by atoms with van der Waals surface area (Å²) in [4.78, 5) is 9.35. The van der Waals surface area contributed by atoms with Crippen LogP contribution in [0.15, 0.2) is 4.52 Å². The Morgan fingerprint density at radius 3 is 3.00 bits per heavy atom. The molecule has 0 radical (unpaired) electrons. The average molecular weight is 293 g/mol. The molecular formula is C15H27N5O. The van der Waals surface area contributed by atoms with Crippen LogP contribution in [0.25, 0.3) is 0 Å². The summed E-state index contributed by atoms with van der Waals surface area (Å²) in [6, 6.07) is 0.475. The van der Waals surface area contributed by atoms with Gasteiger partial charge in [0.05, 0.1) is 12.1 Å². The number of piperazine rings is 1. The normalized spacial score (nSPS) is 32.4. The fraction of sp³-hybridized carbons (Fsp3) is 0.867. The molecule has 3 unspecified atom stereocenters. The standard InChI is InChI=1S/C15H27N5O/c1-4-11-5-6-16-12(9-11)15-17-14(18-21-15)13-10-19(2)7-8-20(13)3/h11-13,16H,4-10H2,1-3H3. The lowest BCUT2D eigenvalue weighted by atomic mass is 9.90. The van der Waals surface area contributed by atoms with E-state index < -0.39 is 0 Å². The molecule has 2 aliphatic heterocycles. The Hall–Kier alpha value is -0.980. The molecule has 0 aliphatic carbocycles. The third kappa shape index (κ3) is 3.27. The van der Waals surface area contributed by atoms with Crippen molar-refractivity contribution in [2.24, 2.45) is 5.92 Å². The summed E-state index contributed by atoms with van der Waals surface area (Å²) in [7, 11) is 4.29. The van der Waals surface area contributed by atoms with E-state index >= 15 is 0 Å². The van der Waals surface area contributed by atoms with Gasteiger partial charge in [0.1, 0.15) is 0 Å². The van der Waals surface area contributed by atoms with Crippen LogP contribution in [0.5, 0.6) is 0 Å². The van der Waals surface area contributed by atoms with E-state index in [1.165, 1.54) is 12.8 Å². The topological polar surface area (TPSA) is 57.4 Å². The van der Waals surface area contributed by atoms with Crippen LogP contribution in [0.4, 0.5) is 0 Å². The molecule has 1 aromatic rings. The van der Waals surface area contributed by atoms with Crippen molar-refractivity contribution in [1.82, 2.24) is 25.3 Å². The van der Waals surface area contributed by atoms with E-state index in [-0.39, 0.29) is 12.1 Å². The van der Waals surface area contributed by atoms with Crippen LogP contribution in [0.2, 0.25) is 0 Å². The highest BCUT2D eigenvalue weighted by molar-refractivity contribution is 5.01. The van der Waals surface area contributed by atoms with E-state index in [1.54, 1.807) is 0 Å². The maximum absolute atomic E-state index is 5.56. The van der Waals surface area contributed by atoms with Gasteiger partial charge in [0.25, 0.3) is 0 Å². The molecule has 0 bridgehead atoms. The predicted molar refractivity (Wildman–Crippen MR) is 80.9 cm³/mol. The minimum absolute atomic E-state index is 0.233. The molecule has 3 atom stereocenters. The fourth-order valence-corrected chi connectivity index (χ4v) is 3.37. The number of rotatable bonds is 3. The number of hydrogen-bond acceptors (Lipinski definition) is 6. The average Bonchev–Trinajstić information content (AvgIpc) is 2.99. The lowest BCUT2D eigenvalue weighted by Crippen LogP contribution is -2.45. The van der Waals surface area contributed by atoms with Crippen LogP contribution in [0.3, 0.4) is 0 Å².